The zero-order chi connectivity index (χ0) is 26.4. The second-order valence-corrected chi connectivity index (χ2v) is 9.30. The maximum Gasteiger partial charge on any atom is 0.337 e. The molecule has 0 aliphatic carbocycles. The van der Waals surface area contributed by atoms with Crippen LogP contribution in [0.4, 0.5) is 10.1 Å². The summed E-state index contributed by atoms with van der Waals surface area (Å²) in [6.07, 6.45) is 0. The number of nitrogens with one attached hydrogen (secondary N) is 2. The first kappa shape index (κ1) is 26.9. The van der Waals surface area contributed by atoms with Crippen molar-refractivity contribution in [1.82, 2.24) is 5.32 Å². The molecule has 2 atom stereocenters. The van der Waals surface area contributed by atoms with E-state index in [1.54, 1.807) is 6.07 Å². The highest BCUT2D eigenvalue weighted by Gasteiger charge is 2.44. The number of rotatable bonds is 7. The quantitative estimate of drug-likeness (QED) is 0.378. The molecule has 9 nitrogen and oxygen atoms in total. The molecule has 0 bridgehead atoms. The van der Waals surface area contributed by atoms with Crippen molar-refractivity contribution in [2.24, 2.45) is 5.92 Å². The van der Waals surface area contributed by atoms with Crippen LogP contribution in [0.25, 0.3) is 0 Å². The molecule has 0 spiro atoms. The summed E-state index contributed by atoms with van der Waals surface area (Å²) in [5.74, 6) is -6.02. The largest absolute Gasteiger partial charge is 0.468 e. The van der Waals surface area contributed by atoms with E-state index >= 15 is 0 Å². The van der Waals surface area contributed by atoms with Crippen molar-refractivity contribution in [3.05, 3.63) is 74.5 Å². The van der Waals surface area contributed by atoms with E-state index in [0.717, 1.165) is 18.9 Å². The lowest BCUT2D eigenvalue weighted by molar-refractivity contribution is -0.150. The standard InChI is InChI=1S/C24H19BrFN3O6S/c1-34-23(32)13-5-3-12(4-6-13)19-15(10-27)22(29-21(31)20(19)24(33)35-2)36-11-18(30)28-17-8-7-14(25)9-16(17)26/h3-9,19-20H,11H2,1-2H3,(H,28,30)(H,29,31)/t19-,20-/m1/s1. The van der Waals surface area contributed by atoms with Crippen molar-refractivity contribution >= 4 is 57.1 Å². The Kier molecular flexibility index (Phi) is 8.84. The molecule has 1 aliphatic heterocycles. The van der Waals surface area contributed by atoms with Gasteiger partial charge < -0.3 is 20.1 Å². The molecule has 36 heavy (non-hydrogen) atoms. The maximum absolute atomic E-state index is 14.0. The molecular weight excluding hydrogens is 557 g/mol. The van der Waals surface area contributed by atoms with Crippen LogP contribution < -0.4 is 10.6 Å². The Morgan fingerprint density at radius 2 is 1.86 bits per heavy atom. The summed E-state index contributed by atoms with van der Waals surface area (Å²) >= 11 is 3.99. The van der Waals surface area contributed by atoms with Crippen LogP contribution in [0.3, 0.4) is 0 Å². The summed E-state index contributed by atoms with van der Waals surface area (Å²) in [7, 11) is 2.36. The summed E-state index contributed by atoms with van der Waals surface area (Å²) in [6, 6.07) is 12.1. The van der Waals surface area contributed by atoms with Crippen molar-refractivity contribution in [2.45, 2.75) is 5.92 Å². The maximum atomic E-state index is 14.0. The van der Waals surface area contributed by atoms with Crippen LogP contribution in [0.2, 0.25) is 0 Å². The average molecular weight is 576 g/mol. The molecule has 12 heteroatoms. The van der Waals surface area contributed by atoms with Gasteiger partial charge in [-0.2, -0.15) is 5.26 Å². The number of amides is 2. The highest BCUT2D eigenvalue weighted by molar-refractivity contribution is 9.10. The second-order valence-electron chi connectivity index (χ2n) is 7.40. The fourth-order valence-electron chi connectivity index (χ4n) is 3.54. The predicted molar refractivity (Wildman–Crippen MR) is 132 cm³/mol. The number of carbonyl (C=O) groups excluding carboxylic acids is 4. The molecule has 1 aliphatic rings. The third-order valence-electron chi connectivity index (χ3n) is 5.23. The first-order chi connectivity index (χ1) is 17.2. The predicted octanol–water partition coefficient (Wildman–Crippen LogP) is 3.48. The number of anilines is 1. The average Bonchev–Trinajstić information content (AvgIpc) is 2.87. The number of esters is 2. The monoisotopic (exact) mass is 575 g/mol. The molecule has 0 radical (unpaired) electrons. The molecule has 0 saturated carbocycles. The highest BCUT2D eigenvalue weighted by atomic mass is 79.9. The minimum absolute atomic E-state index is 0.0275. The minimum Gasteiger partial charge on any atom is -0.468 e. The van der Waals surface area contributed by atoms with Crippen molar-refractivity contribution in [1.29, 1.82) is 5.26 Å². The van der Waals surface area contributed by atoms with Crippen LogP contribution in [0.5, 0.6) is 0 Å². The fourth-order valence-corrected chi connectivity index (χ4v) is 4.72. The number of hydrogen-bond donors (Lipinski definition) is 2. The van der Waals surface area contributed by atoms with Crippen LogP contribution in [0, 0.1) is 23.1 Å². The molecule has 0 fully saturated rings. The molecule has 1 heterocycles. The van der Waals surface area contributed by atoms with Gasteiger partial charge in [0.15, 0.2) is 0 Å². The topological polar surface area (TPSA) is 135 Å². The van der Waals surface area contributed by atoms with Gasteiger partial charge >= 0.3 is 11.9 Å². The first-order valence-electron chi connectivity index (χ1n) is 10.3. The Hall–Kier alpha value is -3.69. The minimum atomic E-state index is -1.37. The Labute approximate surface area is 218 Å². The van der Waals surface area contributed by atoms with Gasteiger partial charge in [0.05, 0.1) is 47.9 Å². The van der Waals surface area contributed by atoms with Gasteiger partial charge in [0, 0.05) is 10.4 Å². The van der Waals surface area contributed by atoms with E-state index in [4.69, 9.17) is 4.74 Å². The Balaban J connectivity index is 1.91. The number of halogens is 2. The van der Waals surface area contributed by atoms with Crippen LogP contribution in [0.15, 0.2) is 57.5 Å². The van der Waals surface area contributed by atoms with Gasteiger partial charge in [0.25, 0.3) is 0 Å². The van der Waals surface area contributed by atoms with E-state index < -0.39 is 41.4 Å². The third kappa shape index (κ3) is 5.92. The van der Waals surface area contributed by atoms with Crippen molar-refractivity contribution in [3.63, 3.8) is 0 Å². The third-order valence-corrected chi connectivity index (χ3v) is 6.74. The summed E-state index contributed by atoms with van der Waals surface area (Å²) in [5.41, 5.74) is 0.651. The van der Waals surface area contributed by atoms with Gasteiger partial charge in [0.1, 0.15) is 11.7 Å². The number of benzene rings is 2. The summed E-state index contributed by atoms with van der Waals surface area (Å²) < 4.78 is 24.0. The van der Waals surface area contributed by atoms with E-state index in [0.29, 0.717) is 10.0 Å². The number of thioether (sulfide) groups is 1. The molecule has 186 valence electrons. The number of methoxy groups -OCH3 is 2. The van der Waals surface area contributed by atoms with Crippen LogP contribution >= 0.6 is 27.7 Å². The molecule has 0 aromatic heterocycles. The zero-order valence-corrected chi connectivity index (χ0v) is 21.4. The van der Waals surface area contributed by atoms with E-state index in [1.807, 2.05) is 6.07 Å². The number of ether oxygens (including phenoxy) is 2. The zero-order valence-electron chi connectivity index (χ0n) is 19.0. The molecule has 0 saturated heterocycles. The SMILES string of the molecule is COC(=O)c1ccc([C@@H]2C(C#N)=C(SCC(=O)Nc3ccc(Br)cc3F)NC(=O)[C@@H]2C(=O)OC)cc1. The van der Waals surface area contributed by atoms with Crippen LogP contribution in [-0.2, 0) is 23.9 Å². The molecule has 2 N–H and O–H groups in total. The van der Waals surface area contributed by atoms with Gasteiger partial charge in [-0.15, -0.1) is 0 Å². The smallest absolute Gasteiger partial charge is 0.337 e. The molecule has 2 aromatic rings. The lowest BCUT2D eigenvalue weighted by Gasteiger charge is -2.31. The molecule has 0 unspecified atom stereocenters. The van der Waals surface area contributed by atoms with E-state index in [-0.39, 0.29) is 27.6 Å². The Morgan fingerprint density at radius 1 is 1.17 bits per heavy atom. The normalized spacial score (nSPS) is 17.0. The second kappa shape index (κ2) is 11.8. The molecule has 2 amide bonds. The van der Waals surface area contributed by atoms with E-state index in [1.165, 1.54) is 43.5 Å². The fraction of sp³-hybridized carbons (Fsp3) is 0.208. The molecule has 2 aromatic carbocycles. The van der Waals surface area contributed by atoms with Gasteiger partial charge in [-0.1, -0.05) is 39.8 Å². The number of nitriles is 1. The van der Waals surface area contributed by atoms with E-state index in [9.17, 15) is 28.8 Å². The van der Waals surface area contributed by atoms with Gasteiger partial charge in [-0.25, -0.2) is 9.18 Å². The summed E-state index contributed by atoms with van der Waals surface area (Å²) in [5, 5.41) is 15.0. The lowest BCUT2D eigenvalue weighted by atomic mass is 9.78. The first-order valence-corrected chi connectivity index (χ1v) is 12.1. The molecule has 3 rings (SSSR count). The van der Waals surface area contributed by atoms with Gasteiger partial charge in [-0.3, -0.25) is 14.4 Å². The van der Waals surface area contributed by atoms with Gasteiger partial charge in [-0.05, 0) is 35.9 Å². The van der Waals surface area contributed by atoms with Gasteiger partial charge in [0.2, 0.25) is 11.8 Å². The Bertz CT molecular complexity index is 1290. The number of carbonyl (C=O) groups is 4. The number of hydrogen-bond acceptors (Lipinski definition) is 8. The van der Waals surface area contributed by atoms with Crippen molar-refractivity contribution in [2.75, 3.05) is 25.3 Å². The number of allylic oxidation sites excluding steroid dienone is 1. The summed E-state index contributed by atoms with van der Waals surface area (Å²) in [4.78, 5) is 49.6. The Morgan fingerprint density at radius 3 is 2.44 bits per heavy atom. The van der Waals surface area contributed by atoms with Crippen LogP contribution in [0.1, 0.15) is 21.8 Å². The van der Waals surface area contributed by atoms with E-state index in [2.05, 4.69) is 31.3 Å². The lowest BCUT2D eigenvalue weighted by Crippen LogP contribution is -2.44. The highest BCUT2D eigenvalue weighted by Crippen LogP contribution is 2.40. The molecular formula is C24H19BrFN3O6S. The number of nitrogens with zero attached hydrogens (tertiary/aromatic N) is 1. The van der Waals surface area contributed by atoms with Crippen molar-refractivity contribution in [3.8, 4) is 6.07 Å². The van der Waals surface area contributed by atoms with Crippen molar-refractivity contribution < 1.29 is 33.0 Å². The van der Waals surface area contributed by atoms with Crippen LogP contribution in [-0.4, -0.2) is 43.7 Å². The summed E-state index contributed by atoms with van der Waals surface area (Å²) in [6.45, 7) is 0.